The highest BCUT2D eigenvalue weighted by Crippen LogP contribution is 2.13. The lowest BCUT2D eigenvalue weighted by Gasteiger charge is -2.30. The first-order chi connectivity index (χ1) is 12.9. The first-order valence-corrected chi connectivity index (χ1v) is 10.7. The molecule has 1 aliphatic rings. The second-order valence-corrected chi connectivity index (χ2v) is 7.90. The van der Waals surface area contributed by atoms with E-state index in [0.717, 1.165) is 69.5 Å². The summed E-state index contributed by atoms with van der Waals surface area (Å²) in [6.07, 6.45) is 4.01. The second-order valence-electron chi connectivity index (χ2n) is 7.90. The maximum Gasteiger partial charge on any atom is 0.191 e. The number of aryl methyl sites for hydroxylation is 2. The summed E-state index contributed by atoms with van der Waals surface area (Å²) >= 11 is 0. The zero-order valence-electron chi connectivity index (χ0n) is 18.1. The van der Waals surface area contributed by atoms with E-state index in [2.05, 4.69) is 71.8 Å². The van der Waals surface area contributed by atoms with Crippen LogP contribution in [0, 0.1) is 0 Å². The van der Waals surface area contributed by atoms with Gasteiger partial charge in [-0.2, -0.15) is 5.10 Å². The van der Waals surface area contributed by atoms with Crippen LogP contribution in [0.15, 0.2) is 4.99 Å². The standard InChI is InChI=1S/C20H39N7/c1-7-18-24-19-11-10-17(14-27(19)25-18)23-20(21-8-2)22-12-9-13-26(15(3)4)16(5)6/h15-17H,7-14H2,1-6H3,(H2,21,22,23). The number of hydrogen-bond acceptors (Lipinski definition) is 4. The molecule has 1 atom stereocenters. The van der Waals surface area contributed by atoms with E-state index in [9.17, 15) is 0 Å². The Hall–Kier alpha value is -1.63. The molecular weight excluding hydrogens is 338 g/mol. The van der Waals surface area contributed by atoms with Crippen LogP contribution in [-0.2, 0) is 19.4 Å². The van der Waals surface area contributed by atoms with E-state index in [4.69, 9.17) is 4.99 Å². The Morgan fingerprint density at radius 1 is 1.26 bits per heavy atom. The molecular formula is C20H39N7. The fourth-order valence-corrected chi connectivity index (χ4v) is 3.70. The van der Waals surface area contributed by atoms with Crippen molar-refractivity contribution in [3.05, 3.63) is 11.6 Å². The quantitative estimate of drug-likeness (QED) is 0.392. The molecule has 0 aromatic carbocycles. The lowest BCUT2D eigenvalue weighted by Crippen LogP contribution is -2.47. The molecule has 0 aliphatic carbocycles. The van der Waals surface area contributed by atoms with Crippen LogP contribution >= 0.6 is 0 Å². The molecule has 0 bridgehead atoms. The highest BCUT2D eigenvalue weighted by Gasteiger charge is 2.22. The van der Waals surface area contributed by atoms with Crippen LogP contribution in [0.5, 0.6) is 0 Å². The number of aliphatic imine (C=N–C) groups is 1. The fraction of sp³-hybridized carbons (Fsp3) is 0.850. The molecule has 2 rings (SSSR count). The molecule has 1 aromatic rings. The second kappa shape index (κ2) is 10.6. The third-order valence-electron chi connectivity index (χ3n) is 5.07. The molecule has 27 heavy (non-hydrogen) atoms. The first kappa shape index (κ1) is 21.7. The molecule has 0 spiro atoms. The largest absolute Gasteiger partial charge is 0.357 e. The van der Waals surface area contributed by atoms with Gasteiger partial charge in [-0.15, -0.1) is 0 Å². The first-order valence-electron chi connectivity index (χ1n) is 10.7. The van der Waals surface area contributed by atoms with Gasteiger partial charge in [0.2, 0.25) is 0 Å². The molecule has 7 nitrogen and oxygen atoms in total. The van der Waals surface area contributed by atoms with Crippen LogP contribution in [-0.4, -0.2) is 63.4 Å². The third kappa shape index (κ3) is 6.48. The van der Waals surface area contributed by atoms with Crippen LogP contribution in [0.1, 0.15) is 66.0 Å². The summed E-state index contributed by atoms with van der Waals surface area (Å²) in [5.41, 5.74) is 0. The Labute approximate surface area is 165 Å². The third-order valence-corrected chi connectivity index (χ3v) is 5.07. The van der Waals surface area contributed by atoms with Gasteiger partial charge in [-0.3, -0.25) is 9.89 Å². The maximum absolute atomic E-state index is 4.80. The highest BCUT2D eigenvalue weighted by atomic mass is 15.4. The number of nitrogens with one attached hydrogen (secondary N) is 2. The van der Waals surface area contributed by atoms with Crippen LogP contribution in [0.25, 0.3) is 0 Å². The monoisotopic (exact) mass is 377 g/mol. The van der Waals surface area contributed by atoms with Gasteiger partial charge in [-0.25, -0.2) is 9.67 Å². The molecule has 0 amide bonds. The maximum atomic E-state index is 4.80. The minimum absolute atomic E-state index is 0.351. The normalized spacial score (nSPS) is 17.7. The number of nitrogens with zero attached hydrogens (tertiary/aromatic N) is 5. The summed E-state index contributed by atoms with van der Waals surface area (Å²) in [6, 6.07) is 1.50. The van der Waals surface area contributed by atoms with E-state index < -0.39 is 0 Å². The van der Waals surface area contributed by atoms with Crippen molar-refractivity contribution in [1.82, 2.24) is 30.3 Å². The van der Waals surface area contributed by atoms with Crippen LogP contribution < -0.4 is 10.6 Å². The molecule has 0 radical (unpaired) electrons. The SMILES string of the molecule is CCNC(=NCCCN(C(C)C)C(C)C)NC1CCc2nc(CC)nn2C1. The van der Waals surface area contributed by atoms with Gasteiger partial charge in [0.05, 0.1) is 6.54 Å². The summed E-state index contributed by atoms with van der Waals surface area (Å²) in [6.45, 7) is 16.9. The Kier molecular flexibility index (Phi) is 8.54. The van der Waals surface area contributed by atoms with Gasteiger partial charge < -0.3 is 10.6 Å². The Balaban J connectivity index is 1.86. The molecule has 2 heterocycles. The molecule has 154 valence electrons. The molecule has 1 aliphatic heterocycles. The zero-order chi connectivity index (χ0) is 19.8. The summed E-state index contributed by atoms with van der Waals surface area (Å²) in [4.78, 5) is 11.9. The Morgan fingerprint density at radius 3 is 2.63 bits per heavy atom. The van der Waals surface area contributed by atoms with Crippen molar-refractivity contribution in [2.75, 3.05) is 19.6 Å². The topological polar surface area (TPSA) is 70.4 Å². The lowest BCUT2D eigenvalue weighted by atomic mass is 10.1. The number of guanidine groups is 1. The van der Waals surface area contributed by atoms with Crippen molar-refractivity contribution in [2.24, 2.45) is 4.99 Å². The van der Waals surface area contributed by atoms with Crippen molar-refractivity contribution in [3.63, 3.8) is 0 Å². The van der Waals surface area contributed by atoms with E-state index in [1.165, 1.54) is 0 Å². The molecule has 0 saturated heterocycles. The number of fused-ring (bicyclic) bond motifs is 1. The van der Waals surface area contributed by atoms with Gasteiger partial charge in [-0.05, 0) is 47.5 Å². The fourth-order valence-electron chi connectivity index (χ4n) is 3.70. The van der Waals surface area contributed by atoms with Gasteiger partial charge in [0, 0.05) is 50.6 Å². The average Bonchev–Trinajstić information content (AvgIpc) is 3.03. The predicted octanol–water partition coefficient (Wildman–Crippen LogP) is 2.22. The van der Waals surface area contributed by atoms with Crippen molar-refractivity contribution in [2.45, 2.75) is 91.9 Å². The molecule has 0 fully saturated rings. The zero-order valence-corrected chi connectivity index (χ0v) is 18.1. The summed E-state index contributed by atoms with van der Waals surface area (Å²) in [5, 5.41) is 11.6. The minimum atomic E-state index is 0.351. The average molecular weight is 378 g/mol. The van der Waals surface area contributed by atoms with Gasteiger partial charge in [0.1, 0.15) is 5.82 Å². The van der Waals surface area contributed by atoms with E-state index in [-0.39, 0.29) is 0 Å². The van der Waals surface area contributed by atoms with E-state index in [0.29, 0.717) is 18.1 Å². The van der Waals surface area contributed by atoms with E-state index in [1.807, 2.05) is 0 Å². The van der Waals surface area contributed by atoms with Gasteiger partial charge in [0.15, 0.2) is 11.8 Å². The van der Waals surface area contributed by atoms with E-state index in [1.54, 1.807) is 0 Å². The molecule has 0 saturated carbocycles. The van der Waals surface area contributed by atoms with E-state index >= 15 is 0 Å². The number of aromatic nitrogens is 3. The van der Waals surface area contributed by atoms with Gasteiger partial charge in [-0.1, -0.05) is 6.92 Å². The summed E-state index contributed by atoms with van der Waals surface area (Å²) in [7, 11) is 0. The van der Waals surface area contributed by atoms with Crippen LogP contribution in [0.3, 0.4) is 0 Å². The molecule has 1 unspecified atom stereocenters. The van der Waals surface area contributed by atoms with Crippen LogP contribution in [0.2, 0.25) is 0 Å². The Bertz CT molecular complexity index is 583. The van der Waals surface area contributed by atoms with Crippen molar-refractivity contribution < 1.29 is 0 Å². The number of hydrogen-bond donors (Lipinski definition) is 2. The minimum Gasteiger partial charge on any atom is -0.357 e. The summed E-state index contributed by atoms with van der Waals surface area (Å²) in [5.74, 6) is 2.99. The van der Waals surface area contributed by atoms with Crippen LogP contribution in [0.4, 0.5) is 0 Å². The Morgan fingerprint density at radius 2 is 2.00 bits per heavy atom. The predicted molar refractivity (Wildman–Crippen MR) is 112 cm³/mol. The molecule has 7 heteroatoms. The highest BCUT2D eigenvalue weighted by molar-refractivity contribution is 5.80. The van der Waals surface area contributed by atoms with Gasteiger partial charge >= 0.3 is 0 Å². The molecule has 2 N–H and O–H groups in total. The summed E-state index contributed by atoms with van der Waals surface area (Å²) < 4.78 is 2.06. The lowest BCUT2D eigenvalue weighted by molar-refractivity contribution is 0.174. The van der Waals surface area contributed by atoms with Crippen molar-refractivity contribution >= 4 is 5.96 Å². The van der Waals surface area contributed by atoms with Crippen molar-refractivity contribution in [3.8, 4) is 0 Å². The number of rotatable bonds is 9. The van der Waals surface area contributed by atoms with Gasteiger partial charge in [0.25, 0.3) is 0 Å². The smallest absolute Gasteiger partial charge is 0.191 e. The molecule has 1 aromatic heterocycles. The van der Waals surface area contributed by atoms with Crippen molar-refractivity contribution in [1.29, 1.82) is 0 Å².